The average molecular weight is 326 g/mol. The predicted molar refractivity (Wildman–Crippen MR) is 88.5 cm³/mol. The molecule has 1 rings (SSSR count). The number of halogens is 1. The number of hydrogen-bond donors (Lipinski definition) is 2. The van der Waals surface area contributed by atoms with E-state index in [2.05, 4.69) is 5.32 Å². The first-order chi connectivity index (χ1) is 10.3. The van der Waals surface area contributed by atoms with Gasteiger partial charge in [-0.1, -0.05) is 37.6 Å². The van der Waals surface area contributed by atoms with Crippen molar-refractivity contribution in [2.24, 2.45) is 11.7 Å². The van der Waals surface area contributed by atoms with E-state index in [1.807, 2.05) is 39.0 Å². The molecule has 0 spiro atoms. The maximum absolute atomic E-state index is 12.1. The number of primary amides is 1. The fraction of sp³-hybridized carbons (Fsp3) is 0.500. The Labute approximate surface area is 136 Å². The van der Waals surface area contributed by atoms with Crippen molar-refractivity contribution in [2.75, 3.05) is 19.6 Å². The summed E-state index contributed by atoms with van der Waals surface area (Å²) >= 11 is 5.95. The van der Waals surface area contributed by atoms with Crippen LogP contribution in [0.2, 0.25) is 5.02 Å². The van der Waals surface area contributed by atoms with Gasteiger partial charge in [0.05, 0.1) is 19.1 Å². The van der Waals surface area contributed by atoms with Gasteiger partial charge in [0.2, 0.25) is 11.8 Å². The second-order valence-electron chi connectivity index (χ2n) is 5.87. The molecule has 0 aromatic heterocycles. The summed E-state index contributed by atoms with van der Waals surface area (Å²) in [6.45, 7) is 6.82. The van der Waals surface area contributed by atoms with Gasteiger partial charge in [-0.05, 0) is 30.5 Å². The molecule has 1 aromatic rings. The van der Waals surface area contributed by atoms with Gasteiger partial charge in [0.15, 0.2) is 0 Å². The molecule has 0 unspecified atom stereocenters. The quantitative estimate of drug-likeness (QED) is 0.767. The van der Waals surface area contributed by atoms with Gasteiger partial charge in [0, 0.05) is 11.6 Å². The summed E-state index contributed by atoms with van der Waals surface area (Å²) < 4.78 is 0. The molecular formula is C16H24ClN3O2. The average Bonchev–Trinajstić information content (AvgIpc) is 2.36. The van der Waals surface area contributed by atoms with Crippen LogP contribution in [0.25, 0.3) is 0 Å². The van der Waals surface area contributed by atoms with Gasteiger partial charge in [-0.15, -0.1) is 0 Å². The minimum Gasteiger partial charge on any atom is -0.369 e. The molecule has 0 aliphatic carbocycles. The van der Waals surface area contributed by atoms with E-state index in [9.17, 15) is 9.59 Å². The molecule has 0 radical (unpaired) electrons. The minimum atomic E-state index is -0.434. The number of nitrogens with one attached hydrogen (secondary N) is 1. The molecule has 0 saturated heterocycles. The zero-order valence-electron chi connectivity index (χ0n) is 13.3. The lowest BCUT2D eigenvalue weighted by Crippen LogP contribution is -2.43. The first-order valence-electron chi connectivity index (χ1n) is 7.33. The van der Waals surface area contributed by atoms with Gasteiger partial charge in [-0.25, -0.2) is 0 Å². The van der Waals surface area contributed by atoms with Crippen LogP contribution in [0, 0.1) is 5.92 Å². The molecule has 0 fully saturated rings. The highest BCUT2D eigenvalue weighted by atomic mass is 35.5. The Morgan fingerprint density at radius 2 is 1.95 bits per heavy atom. The lowest BCUT2D eigenvalue weighted by molar-refractivity contribution is -0.124. The number of benzene rings is 1. The summed E-state index contributed by atoms with van der Waals surface area (Å²) in [7, 11) is 0. The van der Waals surface area contributed by atoms with E-state index < -0.39 is 5.91 Å². The molecule has 22 heavy (non-hydrogen) atoms. The molecule has 1 aromatic carbocycles. The number of carbonyl (C=O) groups is 2. The Hall–Kier alpha value is -1.59. The molecule has 0 bridgehead atoms. The number of rotatable bonds is 8. The van der Waals surface area contributed by atoms with Gasteiger partial charge in [-0.3, -0.25) is 14.5 Å². The molecular weight excluding hydrogens is 302 g/mol. The molecule has 1 atom stereocenters. The SMILES string of the molecule is CC(C)CN(CC(N)=O)CC(=O)N[C@H](C)c1cccc(Cl)c1. The second-order valence-corrected chi connectivity index (χ2v) is 6.31. The predicted octanol–water partition coefficient (Wildman–Crippen LogP) is 1.96. The maximum atomic E-state index is 12.1. The number of hydrogen-bond acceptors (Lipinski definition) is 3. The van der Waals surface area contributed by atoms with Crippen LogP contribution in [0.3, 0.4) is 0 Å². The highest BCUT2D eigenvalue weighted by Crippen LogP contribution is 2.17. The normalized spacial score (nSPS) is 12.5. The van der Waals surface area contributed by atoms with Gasteiger partial charge in [-0.2, -0.15) is 0 Å². The van der Waals surface area contributed by atoms with E-state index in [1.54, 1.807) is 11.0 Å². The maximum Gasteiger partial charge on any atom is 0.234 e. The summed E-state index contributed by atoms with van der Waals surface area (Å²) in [5.74, 6) is -0.233. The fourth-order valence-electron chi connectivity index (χ4n) is 2.27. The zero-order chi connectivity index (χ0) is 16.7. The standard InChI is InChI=1S/C16H24ClN3O2/c1-11(2)8-20(9-15(18)21)10-16(22)19-12(3)13-5-4-6-14(17)7-13/h4-7,11-12H,8-10H2,1-3H3,(H2,18,21)(H,19,22)/t12-/m1/s1. The summed E-state index contributed by atoms with van der Waals surface area (Å²) in [6, 6.07) is 7.21. The van der Waals surface area contributed by atoms with E-state index in [-0.39, 0.29) is 25.0 Å². The number of carbonyl (C=O) groups excluding carboxylic acids is 2. The van der Waals surface area contributed by atoms with Crippen molar-refractivity contribution >= 4 is 23.4 Å². The zero-order valence-corrected chi connectivity index (χ0v) is 14.1. The van der Waals surface area contributed by atoms with Crippen molar-refractivity contribution in [1.29, 1.82) is 0 Å². The van der Waals surface area contributed by atoms with Gasteiger partial charge in [0.25, 0.3) is 0 Å². The van der Waals surface area contributed by atoms with Crippen LogP contribution < -0.4 is 11.1 Å². The van der Waals surface area contributed by atoms with Crippen molar-refractivity contribution < 1.29 is 9.59 Å². The largest absolute Gasteiger partial charge is 0.369 e. The topological polar surface area (TPSA) is 75.4 Å². The van der Waals surface area contributed by atoms with Crippen LogP contribution >= 0.6 is 11.6 Å². The van der Waals surface area contributed by atoms with Crippen LogP contribution in [-0.2, 0) is 9.59 Å². The van der Waals surface area contributed by atoms with Gasteiger partial charge >= 0.3 is 0 Å². The van der Waals surface area contributed by atoms with E-state index in [0.717, 1.165) is 5.56 Å². The van der Waals surface area contributed by atoms with Crippen LogP contribution in [0.4, 0.5) is 0 Å². The molecule has 2 amide bonds. The number of nitrogens with zero attached hydrogens (tertiary/aromatic N) is 1. The fourth-order valence-corrected chi connectivity index (χ4v) is 2.47. The smallest absolute Gasteiger partial charge is 0.234 e. The molecule has 3 N–H and O–H groups in total. The van der Waals surface area contributed by atoms with E-state index >= 15 is 0 Å². The molecule has 6 heteroatoms. The Morgan fingerprint density at radius 3 is 2.50 bits per heavy atom. The molecule has 0 heterocycles. The lowest BCUT2D eigenvalue weighted by Gasteiger charge is -2.23. The van der Waals surface area contributed by atoms with E-state index in [0.29, 0.717) is 17.5 Å². The van der Waals surface area contributed by atoms with Crippen molar-refractivity contribution in [3.05, 3.63) is 34.9 Å². The Morgan fingerprint density at radius 1 is 1.27 bits per heavy atom. The number of amides is 2. The molecule has 0 aliphatic rings. The first-order valence-corrected chi connectivity index (χ1v) is 7.71. The highest BCUT2D eigenvalue weighted by Gasteiger charge is 2.16. The molecule has 0 saturated carbocycles. The second kappa shape index (κ2) is 8.76. The van der Waals surface area contributed by atoms with Crippen LogP contribution in [0.1, 0.15) is 32.4 Å². The van der Waals surface area contributed by atoms with Crippen molar-refractivity contribution in [2.45, 2.75) is 26.8 Å². The third-order valence-electron chi connectivity index (χ3n) is 3.10. The van der Waals surface area contributed by atoms with E-state index in [1.165, 1.54) is 0 Å². The Balaban J connectivity index is 2.60. The Kier molecular flexibility index (Phi) is 7.35. The van der Waals surface area contributed by atoms with Gasteiger partial charge < -0.3 is 11.1 Å². The summed E-state index contributed by atoms with van der Waals surface area (Å²) in [5.41, 5.74) is 6.16. The third kappa shape index (κ3) is 6.91. The third-order valence-corrected chi connectivity index (χ3v) is 3.33. The first kappa shape index (κ1) is 18.5. The molecule has 122 valence electrons. The lowest BCUT2D eigenvalue weighted by atomic mass is 10.1. The minimum absolute atomic E-state index is 0.0805. The van der Waals surface area contributed by atoms with Crippen LogP contribution in [0.15, 0.2) is 24.3 Å². The van der Waals surface area contributed by atoms with Crippen molar-refractivity contribution in [1.82, 2.24) is 10.2 Å². The van der Waals surface area contributed by atoms with Crippen LogP contribution in [-0.4, -0.2) is 36.3 Å². The molecule has 5 nitrogen and oxygen atoms in total. The highest BCUT2D eigenvalue weighted by molar-refractivity contribution is 6.30. The van der Waals surface area contributed by atoms with Gasteiger partial charge in [0.1, 0.15) is 0 Å². The number of nitrogens with two attached hydrogens (primary N) is 1. The van der Waals surface area contributed by atoms with E-state index in [4.69, 9.17) is 17.3 Å². The monoisotopic (exact) mass is 325 g/mol. The molecule has 0 aliphatic heterocycles. The summed E-state index contributed by atoms with van der Waals surface area (Å²) in [6.07, 6.45) is 0. The van der Waals surface area contributed by atoms with Crippen molar-refractivity contribution in [3.8, 4) is 0 Å². The van der Waals surface area contributed by atoms with Crippen LogP contribution in [0.5, 0.6) is 0 Å². The summed E-state index contributed by atoms with van der Waals surface area (Å²) in [5, 5.41) is 3.54. The Bertz CT molecular complexity index is 520. The summed E-state index contributed by atoms with van der Waals surface area (Å²) in [4.78, 5) is 25.0. The van der Waals surface area contributed by atoms with Crippen molar-refractivity contribution in [3.63, 3.8) is 0 Å².